The zero-order valence-electron chi connectivity index (χ0n) is 26.2. The molecule has 0 aromatic heterocycles. The Balaban J connectivity index is 1.95. The van der Waals surface area contributed by atoms with Gasteiger partial charge in [-0.3, -0.25) is 14.4 Å². The molecular formula is C32H46ClN3O11. The molecule has 0 bridgehead atoms. The van der Waals surface area contributed by atoms with Crippen LogP contribution in [0.15, 0.2) is 24.3 Å². The van der Waals surface area contributed by atoms with Crippen LogP contribution in [-0.4, -0.2) is 112 Å². The van der Waals surface area contributed by atoms with Crippen LogP contribution in [0.1, 0.15) is 63.4 Å². The Labute approximate surface area is 279 Å². The molecule has 1 aliphatic rings. The quantitative estimate of drug-likeness (QED) is 0.0637. The molecule has 0 spiro atoms. The van der Waals surface area contributed by atoms with Gasteiger partial charge in [-0.25, -0.2) is 4.79 Å². The molecule has 2 rings (SSSR count). The fourth-order valence-electron chi connectivity index (χ4n) is 5.00. The first-order valence-electron chi connectivity index (χ1n) is 15.6. The smallest absolute Gasteiger partial charge is 0.364 e. The SMILES string of the molecule is C#CCCCCNC(=O)CCCCCCO[C@]1(C(=O)O)C[C@H](O)C(NC(=O)CO)[C@H]([C@H](O)[C@H](O)CNC(=O)Cc2ccc(Cl)cc2)O1. The van der Waals surface area contributed by atoms with Gasteiger partial charge in [0.25, 0.3) is 5.79 Å². The van der Waals surface area contributed by atoms with Gasteiger partial charge in [0.05, 0.1) is 31.3 Å². The lowest BCUT2D eigenvalue weighted by Gasteiger charge is -2.46. The van der Waals surface area contributed by atoms with E-state index in [2.05, 4.69) is 21.9 Å². The van der Waals surface area contributed by atoms with Gasteiger partial charge in [0.1, 0.15) is 18.8 Å². The Hall–Kier alpha value is -3.29. The number of terminal acetylenes is 1. The fraction of sp³-hybridized carbons (Fsp3) is 0.625. The molecule has 262 valence electrons. The predicted molar refractivity (Wildman–Crippen MR) is 170 cm³/mol. The lowest BCUT2D eigenvalue weighted by Crippen LogP contribution is -2.68. The van der Waals surface area contributed by atoms with Gasteiger partial charge in [0, 0.05) is 37.4 Å². The van der Waals surface area contributed by atoms with E-state index in [1.165, 1.54) is 0 Å². The van der Waals surface area contributed by atoms with Gasteiger partial charge in [-0.2, -0.15) is 0 Å². The van der Waals surface area contributed by atoms with E-state index in [9.17, 15) is 44.7 Å². The average Bonchev–Trinajstić information content (AvgIpc) is 3.04. The fourth-order valence-corrected chi connectivity index (χ4v) is 5.13. The van der Waals surface area contributed by atoms with E-state index >= 15 is 0 Å². The van der Waals surface area contributed by atoms with E-state index < -0.39 is 73.6 Å². The Kier molecular flexibility index (Phi) is 17.7. The summed E-state index contributed by atoms with van der Waals surface area (Å²) in [7, 11) is 0. The maximum atomic E-state index is 12.4. The van der Waals surface area contributed by atoms with Crippen molar-refractivity contribution in [2.45, 2.75) is 100 Å². The lowest BCUT2D eigenvalue weighted by atomic mass is 9.88. The number of carboxylic acid groups (broad SMARTS) is 1. The number of aliphatic hydroxyl groups is 4. The molecule has 0 saturated carbocycles. The summed E-state index contributed by atoms with van der Waals surface area (Å²) in [6, 6.07) is 5.08. The maximum Gasteiger partial charge on any atom is 0.364 e. The summed E-state index contributed by atoms with van der Waals surface area (Å²) in [5.74, 6) is -3.00. The number of hydrogen-bond donors (Lipinski definition) is 8. The van der Waals surface area contributed by atoms with E-state index in [0.29, 0.717) is 55.7 Å². The van der Waals surface area contributed by atoms with E-state index in [0.717, 1.165) is 12.8 Å². The third-order valence-corrected chi connectivity index (χ3v) is 7.84. The van der Waals surface area contributed by atoms with Gasteiger partial charge in [0.2, 0.25) is 17.7 Å². The first kappa shape index (κ1) is 39.9. The highest BCUT2D eigenvalue weighted by molar-refractivity contribution is 6.30. The number of carbonyl (C=O) groups is 4. The first-order chi connectivity index (χ1) is 22.4. The second-order valence-electron chi connectivity index (χ2n) is 11.4. The number of nitrogens with one attached hydrogen (secondary N) is 3. The zero-order chi connectivity index (χ0) is 34.8. The van der Waals surface area contributed by atoms with Gasteiger partial charge in [0.15, 0.2) is 0 Å². The number of halogens is 1. The number of unbranched alkanes of at least 4 members (excludes halogenated alkanes) is 5. The molecule has 3 amide bonds. The highest BCUT2D eigenvalue weighted by atomic mass is 35.5. The van der Waals surface area contributed by atoms with Crippen LogP contribution in [0.5, 0.6) is 0 Å². The third-order valence-electron chi connectivity index (χ3n) is 7.59. The highest BCUT2D eigenvalue weighted by Crippen LogP contribution is 2.34. The Morgan fingerprint density at radius 1 is 1.02 bits per heavy atom. The molecule has 1 aromatic carbocycles. The van der Waals surface area contributed by atoms with Crippen LogP contribution in [0.2, 0.25) is 5.02 Å². The second kappa shape index (κ2) is 20.8. The number of aliphatic hydroxyl groups excluding tert-OH is 4. The monoisotopic (exact) mass is 683 g/mol. The van der Waals surface area contributed by atoms with Crippen LogP contribution in [-0.2, 0) is 35.1 Å². The molecular weight excluding hydrogens is 638 g/mol. The number of rotatable bonds is 21. The minimum atomic E-state index is -2.44. The second-order valence-corrected chi connectivity index (χ2v) is 11.8. The summed E-state index contributed by atoms with van der Waals surface area (Å²) in [6.07, 6.45) is 2.45. The molecule has 14 nitrogen and oxygen atoms in total. The molecule has 0 radical (unpaired) electrons. The van der Waals surface area contributed by atoms with E-state index in [1.807, 2.05) is 0 Å². The van der Waals surface area contributed by atoms with Crippen LogP contribution in [0.4, 0.5) is 0 Å². The standard InChI is InChI=1S/C32H46ClN3O11/c1-2-3-4-8-15-34-25(40)10-7-5-6-9-16-46-32(31(44)45)18-23(38)28(36-27(42)20-37)30(47-32)29(43)24(39)19-35-26(41)17-21-11-13-22(33)14-12-21/h1,11-14,23-24,28-30,37-39,43H,3-10,15-20H2,(H,34,40)(H,35,41)(H,36,42)(H,44,45)/t23-,24+,28?,29+,30+,32+/m0/s1. The number of aliphatic carboxylic acids is 1. The molecule has 1 heterocycles. The third kappa shape index (κ3) is 13.8. The molecule has 47 heavy (non-hydrogen) atoms. The predicted octanol–water partition coefficient (Wildman–Crippen LogP) is 0.0151. The van der Waals surface area contributed by atoms with E-state index in [-0.39, 0.29) is 18.9 Å². The summed E-state index contributed by atoms with van der Waals surface area (Å²) in [5.41, 5.74) is 0.643. The summed E-state index contributed by atoms with van der Waals surface area (Å²) < 4.78 is 11.3. The normalized spacial score (nSPS) is 22.0. The number of ether oxygens (including phenoxy) is 2. The van der Waals surface area contributed by atoms with Crippen molar-refractivity contribution in [2.24, 2.45) is 0 Å². The number of benzene rings is 1. The first-order valence-corrected chi connectivity index (χ1v) is 16.0. The van der Waals surface area contributed by atoms with E-state index in [4.69, 9.17) is 27.5 Å². The minimum Gasteiger partial charge on any atom is -0.477 e. The van der Waals surface area contributed by atoms with Gasteiger partial charge in [-0.05, 0) is 43.4 Å². The van der Waals surface area contributed by atoms with Crippen LogP contribution < -0.4 is 16.0 Å². The molecule has 1 aliphatic heterocycles. The van der Waals surface area contributed by atoms with Crippen molar-refractivity contribution in [3.05, 3.63) is 34.9 Å². The molecule has 15 heteroatoms. The Morgan fingerprint density at radius 2 is 1.72 bits per heavy atom. The molecule has 1 saturated heterocycles. The summed E-state index contributed by atoms with van der Waals surface area (Å²) in [5, 5.41) is 60.0. The number of carboxylic acids is 1. The summed E-state index contributed by atoms with van der Waals surface area (Å²) in [4.78, 5) is 48.7. The van der Waals surface area contributed by atoms with Crippen molar-refractivity contribution in [1.82, 2.24) is 16.0 Å². The largest absolute Gasteiger partial charge is 0.477 e. The van der Waals surface area contributed by atoms with Crippen LogP contribution >= 0.6 is 11.6 Å². The summed E-state index contributed by atoms with van der Waals surface area (Å²) >= 11 is 5.86. The van der Waals surface area contributed by atoms with Crippen LogP contribution in [0, 0.1) is 12.3 Å². The molecule has 0 aliphatic carbocycles. The van der Waals surface area contributed by atoms with Crippen LogP contribution in [0.3, 0.4) is 0 Å². The van der Waals surface area contributed by atoms with Crippen LogP contribution in [0.25, 0.3) is 0 Å². The van der Waals surface area contributed by atoms with Gasteiger partial charge in [-0.15, -0.1) is 12.3 Å². The molecule has 1 aromatic rings. The summed E-state index contributed by atoms with van der Waals surface area (Å²) in [6.45, 7) is -0.993. The van der Waals surface area contributed by atoms with Crippen molar-refractivity contribution in [3.8, 4) is 12.3 Å². The maximum absolute atomic E-state index is 12.4. The number of carbonyl (C=O) groups excluding carboxylic acids is 3. The molecule has 1 fully saturated rings. The average molecular weight is 684 g/mol. The van der Waals surface area contributed by atoms with Crippen molar-refractivity contribution < 1.29 is 54.2 Å². The lowest BCUT2D eigenvalue weighted by molar-refractivity contribution is -0.310. The van der Waals surface area contributed by atoms with Crippen molar-refractivity contribution in [3.63, 3.8) is 0 Å². The Bertz CT molecular complexity index is 1200. The van der Waals surface area contributed by atoms with Crippen molar-refractivity contribution in [2.75, 3.05) is 26.3 Å². The Morgan fingerprint density at radius 3 is 2.38 bits per heavy atom. The van der Waals surface area contributed by atoms with E-state index in [1.54, 1.807) is 24.3 Å². The topological polar surface area (TPSA) is 224 Å². The molecule has 8 N–H and O–H groups in total. The van der Waals surface area contributed by atoms with Gasteiger partial charge in [-0.1, -0.05) is 36.6 Å². The molecule has 1 unspecified atom stereocenters. The number of hydrogen-bond acceptors (Lipinski definition) is 10. The zero-order valence-corrected chi connectivity index (χ0v) is 27.0. The van der Waals surface area contributed by atoms with Gasteiger partial charge >= 0.3 is 5.97 Å². The van der Waals surface area contributed by atoms with Gasteiger partial charge < -0.3 is 51.0 Å². The highest BCUT2D eigenvalue weighted by Gasteiger charge is 2.55. The van der Waals surface area contributed by atoms with Crippen molar-refractivity contribution >= 4 is 35.3 Å². The van der Waals surface area contributed by atoms with Crippen molar-refractivity contribution in [1.29, 1.82) is 0 Å². The number of amides is 3. The minimum absolute atomic E-state index is 0.0509. The molecule has 6 atom stereocenters.